The Morgan fingerprint density at radius 2 is 1.77 bits per heavy atom. The first-order valence-electron chi connectivity index (χ1n) is 8.26. The Hall–Kier alpha value is -0.870. The molecule has 1 saturated heterocycles. The van der Waals surface area contributed by atoms with Crippen molar-refractivity contribution < 1.29 is 8.42 Å². The van der Waals surface area contributed by atoms with E-state index in [0.717, 1.165) is 25.7 Å². The fourth-order valence-corrected chi connectivity index (χ4v) is 6.50. The van der Waals surface area contributed by atoms with Crippen LogP contribution in [-0.2, 0) is 16.4 Å². The number of nitrogens with zero attached hydrogens (tertiary/aromatic N) is 1. The molecule has 1 aromatic rings. The van der Waals surface area contributed by atoms with Gasteiger partial charge in [-0.2, -0.15) is 4.31 Å². The molecule has 3 nitrogen and oxygen atoms in total. The standard InChI is InChI=1S/C18H27NO2S/c1-5-14-6-8-16(9-7-14)22(20,21)19-13-18(4)11-15(19)10-17(2,3)12-18/h6-9,15H,5,10-13H2,1-4H3. The van der Waals surface area contributed by atoms with E-state index in [1.807, 2.05) is 12.1 Å². The van der Waals surface area contributed by atoms with Crippen molar-refractivity contribution >= 4 is 10.0 Å². The van der Waals surface area contributed by atoms with Crippen molar-refractivity contribution in [2.45, 2.75) is 64.3 Å². The maximum Gasteiger partial charge on any atom is 0.243 e. The fraction of sp³-hybridized carbons (Fsp3) is 0.667. The summed E-state index contributed by atoms with van der Waals surface area (Å²) >= 11 is 0. The summed E-state index contributed by atoms with van der Waals surface area (Å²) < 4.78 is 27.9. The molecule has 4 heteroatoms. The largest absolute Gasteiger partial charge is 0.243 e. The van der Waals surface area contributed by atoms with Gasteiger partial charge in [0.25, 0.3) is 0 Å². The van der Waals surface area contributed by atoms with Crippen molar-refractivity contribution in [1.82, 2.24) is 4.31 Å². The molecule has 0 aromatic heterocycles. The smallest absolute Gasteiger partial charge is 0.207 e. The Kier molecular flexibility index (Phi) is 3.69. The maximum atomic E-state index is 13.1. The second-order valence-corrected chi connectivity index (χ2v) is 10.2. The van der Waals surface area contributed by atoms with Crippen LogP contribution in [0, 0.1) is 10.8 Å². The van der Waals surface area contributed by atoms with Crippen molar-refractivity contribution in [3.05, 3.63) is 29.8 Å². The lowest BCUT2D eigenvalue weighted by Crippen LogP contribution is -2.37. The van der Waals surface area contributed by atoms with Crippen LogP contribution in [0.3, 0.4) is 0 Å². The highest BCUT2D eigenvalue weighted by Crippen LogP contribution is 2.53. The lowest BCUT2D eigenvalue weighted by molar-refractivity contribution is 0.133. The first-order chi connectivity index (χ1) is 10.2. The molecule has 2 atom stereocenters. The predicted molar refractivity (Wildman–Crippen MR) is 89.2 cm³/mol. The molecule has 1 aliphatic heterocycles. The zero-order chi connectivity index (χ0) is 16.2. The van der Waals surface area contributed by atoms with Gasteiger partial charge in [0.05, 0.1) is 4.90 Å². The zero-order valence-electron chi connectivity index (χ0n) is 14.1. The van der Waals surface area contributed by atoms with Gasteiger partial charge in [-0.25, -0.2) is 8.42 Å². The van der Waals surface area contributed by atoms with Gasteiger partial charge in [0.1, 0.15) is 0 Å². The van der Waals surface area contributed by atoms with Gasteiger partial charge in [-0.1, -0.05) is 39.8 Å². The highest BCUT2D eigenvalue weighted by Gasteiger charge is 2.53. The third-order valence-corrected chi connectivity index (χ3v) is 7.22. The third kappa shape index (κ3) is 2.71. The van der Waals surface area contributed by atoms with Crippen LogP contribution in [0.5, 0.6) is 0 Å². The van der Waals surface area contributed by atoms with Gasteiger partial charge < -0.3 is 0 Å². The molecule has 2 aliphatic rings. The number of aryl methyl sites for hydroxylation is 1. The molecule has 122 valence electrons. The van der Waals surface area contributed by atoms with E-state index in [0.29, 0.717) is 11.4 Å². The molecule has 2 unspecified atom stereocenters. The van der Waals surface area contributed by atoms with E-state index in [9.17, 15) is 8.42 Å². The molecule has 22 heavy (non-hydrogen) atoms. The third-order valence-electron chi connectivity index (χ3n) is 5.30. The monoisotopic (exact) mass is 321 g/mol. The summed E-state index contributed by atoms with van der Waals surface area (Å²) in [6.07, 6.45) is 4.01. The van der Waals surface area contributed by atoms with Crippen LogP contribution in [0.2, 0.25) is 0 Å². The first-order valence-corrected chi connectivity index (χ1v) is 9.70. The minimum atomic E-state index is -3.37. The minimum absolute atomic E-state index is 0.128. The number of fused-ring (bicyclic) bond motifs is 2. The minimum Gasteiger partial charge on any atom is -0.207 e. The Balaban J connectivity index is 1.93. The molecule has 1 aliphatic carbocycles. The van der Waals surface area contributed by atoms with Gasteiger partial charge >= 0.3 is 0 Å². The number of hydrogen-bond acceptors (Lipinski definition) is 2. The molecule has 1 heterocycles. The van der Waals surface area contributed by atoms with Crippen LogP contribution in [0.25, 0.3) is 0 Å². The summed E-state index contributed by atoms with van der Waals surface area (Å²) in [6, 6.07) is 7.56. The van der Waals surface area contributed by atoms with Gasteiger partial charge in [0, 0.05) is 12.6 Å². The second kappa shape index (κ2) is 5.07. The Labute approximate surface area is 134 Å². The SMILES string of the molecule is CCc1ccc(S(=O)(=O)N2CC3(C)CC2CC(C)(C)C3)cc1. The second-order valence-electron chi connectivity index (χ2n) is 8.26. The summed E-state index contributed by atoms with van der Waals surface area (Å²) in [7, 11) is -3.37. The molecule has 1 saturated carbocycles. The van der Waals surface area contributed by atoms with Gasteiger partial charge in [0.2, 0.25) is 10.0 Å². The van der Waals surface area contributed by atoms with Crippen LogP contribution in [0.4, 0.5) is 0 Å². The molecule has 1 aromatic carbocycles. The van der Waals surface area contributed by atoms with Crippen molar-refractivity contribution in [3.63, 3.8) is 0 Å². The van der Waals surface area contributed by atoms with E-state index >= 15 is 0 Å². The molecule has 0 spiro atoms. The Morgan fingerprint density at radius 1 is 1.14 bits per heavy atom. The summed E-state index contributed by atoms with van der Waals surface area (Å²) in [5, 5.41) is 0. The average Bonchev–Trinajstić information content (AvgIpc) is 2.68. The highest BCUT2D eigenvalue weighted by molar-refractivity contribution is 7.89. The average molecular weight is 321 g/mol. The number of sulfonamides is 1. The van der Waals surface area contributed by atoms with Gasteiger partial charge in [0.15, 0.2) is 0 Å². The molecule has 3 rings (SSSR count). The topological polar surface area (TPSA) is 37.4 Å². The summed E-state index contributed by atoms with van der Waals surface area (Å²) in [4.78, 5) is 0.443. The van der Waals surface area contributed by atoms with E-state index in [4.69, 9.17) is 0 Å². The van der Waals surface area contributed by atoms with E-state index in [-0.39, 0.29) is 16.9 Å². The highest BCUT2D eigenvalue weighted by atomic mass is 32.2. The molecule has 0 radical (unpaired) electrons. The van der Waals surface area contributed by atoms with Crippen molar-refractivity contribution in [2.75, 3.05) is 6.54 Å². The van der Waals surface area contributed by atoms with Gasteiger partial charge in [-0.05, 0) is 54.2 Å². The fourth-order valence-electron chi connectivity index (χ4n) is 4.72. The molecule has 2 bridgehead atoms. The number of benzene rings is 1. The van der Waals surface area contributed by atoms with Crippen LogP contribution < -0.4 is 0 Å². The molecular weight excluding hydrogens is 294 g/mol. The summed E-state index contributed by atoms with van der Waals surface area (Å²) in [6.45, 7) is 9.53. The quantitative estimate of drug-likeness (QED) is 0.848. The molecule has 0 amide bonds. The van der Waals surface area contributed by atoms with Crippen molar-refractivity contribution in [1.29, 1.82) is 0 Å². The lowest BCUT2D eigenvalue weighted by atomic mass is 9.65. The van der Waals surface area contributed by atoms with Crippen molar-refractivity contribution in [2.24, 2.45) is 10.8 Å². The number of hydrogen-bond donors (Lipinski definition) is 0. The maximum absolute atomic E-state index is 13.1. The molecule has 0 N–H and O–H groups in total. The Morgan fingerprint density at radius 3 is 2.36 bits per heavy atom. The lowest BCUT2D eigenvalue weighted by Gasteiger charge is -2.39. The van der Waals surface area contributed by atoms with E-state index in [2.05, 4.69) is 27.7 Å². The summed E-state index contributed by atoms with van der Waals surface area (Å²) in [5.41, 5.74) is 1.53. The normalized spacial score (nSPS) is 31.4. The van der Waals surface area contributed by atoms with E-state index < -0.39 is 10.0 Å². The van der Waals surface area contributed by atoms with Crippen LogP contribution in [0.15, 0.2) is 29.2 Å². The van der Waals surface area contributed by atoms with E-state index in [1.165, 1.54) is 5.56 Å². The van der Waals surface area contributed by atoms with Gasteiger partial charge in [-0.3, -0.25) is 0 Å². The van der Waals surface area contributed by atoms with Crippen LogP contribution in [-0.4, -0.2) is 25.3 Å². The first kappa shape index (κ1) is 16.0. The van der Waals surface area contributed by atoms with Gasteiger partial charge in [-0.15, -0.1) is 0 Å². The zero-order valence-corrected chi connectivity index (χ0v) is 14.9. The predicted octanol–water partition coefficient (Wildman–Crippen LogP) is 3.84. The number of rotatable bonds is 3. The van der Waals surface area contributed by atoms with Crippen LogP contribution in [0.1, 0.15) is 52.5 Å². The molecule has 2 fully saturated rings. The van der Waals surface area contributed by atoms with Crippen molar-refractivity contribution in [3.8, 4) is 0 Å². The van der Waals surface area contributed by atoms with Crippen LogP contribution >= 0.6 is 0 Å². The Bertz CT molecular complexity index is 663. The summed E-state index contributed by atoms with van der Waals surface area (Å²) in [5.74, 6) is 0. The van der Waals surface area contributed by atoms with E-state index in [1.54, 1.807) is 16.4 Å². The molecular formula is C18H27NO2S.